The molecule has 1 aromatic heterocycles. The van der Waals surface area contributed by atoms with E-state index in [1.54, 1.807) is 6.92 Å². The van der Waals surface area contributed by atoms with Gasteiger partial charge in [-0.25, -0.2) is 4.79 Å². The van der Waals surface area contributed by atoms with E-state index in [1.165, 1.54) is 70.9 Å². The molecule has 15 nitrogen and oxygen atoms in total. The van der Waals surface area contributed by atoms with Gasteiger partial charge in [-0.2, -0.15) is 0 Å². The van der Waals surface area contributed by atoms with E-state index in [4.69, 9.17) is 20.3 Å². The van der Waals surface area contributed by atoms with E-state index in [1.807, 2.05) is 0 Å². The van der Waals surface area contributed by atoms with Gasteiger partial charge in [-0.15, -0.1) is 34.4 Å². The number of carboxylic acids is 1. The van der Waals surface area contributed by atoms with E-state index in [-0.39, 0.29) is 40.7 Å². The van der Waals surface area contributed by atoms with E-state index in [0.717, 1.165) is 11.9 Å². The van der Waals surface area contributed by atoms with Crippen LogP contribution in [-0.2, 0) is 33.4 Å². The Morgan fingerprint density at radius 3 is 2.52 bits per heavy atom. The molecule has 5 N–H and O–H groups in total. The molecule has 1 aromatic carbocycles. The zero-order chi connectivity index (χ0) is 33.0. The third-order valence-corrected chi connectivity index (χ3v) is 9.92. The molecule has 3 unspecified atom stereocenters. The molecular formula is C27H30ClN5O10S3. The van der Waals surface area contributed by atoms with Gasteiger partial charge in [-0.05, 0) is 12.5 Å². The summed E-state index contributed by atoms with van der Waals surface area (Å²) in [6, 6.07) is 3.03. The van der Waals surface area contributed by atoms with E-state index in [0.29, 0.717) is 9.91 Å². The van der Waals surface area contributed by atoms with Gasteiger partial charge in [0.2, 0.25) is 6.29 Å². The molecule has 1 fully saturated rings. The molecule has 4 rings (SSSR count). The van der Waals surface area contributed by atoms with Crippen LogP contribution >= 0.6 is 47.3 Å². The normalized spacial score (nSPS) is 19.1. The SMILES string of the molecule is CC(=O)OC(C)OC(=O)C1=C(CSc2nnc(C)s2)CS[C@H]2C(NC(=O)C(O)c3ccccc3C(=O)[C@@H](N)CC(=O)O)C(=O)N12.Cl. The molecule has 0 saturated carbocycles. The minimum atomic E-state index is -1.90. The molecule has 0 bridgehead atoms. The van der Waals surface area contributed by atoms with Crippen molar-refractivity contribution in [2.45, 2.75) is 61.4 Å². The maximum absolute atomic E-state index is 13.4. The van der Waals surface area contributed by atoms with Crippen molar-refractivity contribution in [3.05, 3.63) is 51.7 Å². The first-order valence-corrected chi connectivity index (χ1v) is 16.2. The van der Waals surface area contributed by atoms with Gasteiger partial charge >= 0.3 is 17.9 Å². The highest BCUT2D eigenvalue weighted by Crippen LogP contribution is 2.42. The van der Waals surface area contributed by atoms with Crippen LogP contribution in [0, 0.1) is 6.92 Å². The zero-order valence-electron chi connectivity index (χ0n) is 24.5. The lowest BCUT2D eigenvalue weighted by Crippen LogP contribution is -2.71. The summed E-state index contributed by atoms with van der Waals surface area (Å²) in [5.41, 5.74) is 5.97. The second-order valence-corrected chi connectivity index (χ2v) is 13.4. The average Bonchev–Trinajstić information content (AvgIpc) is 3.41. The number of hydrogen-bond donors (Lipinski definition) is 4. The van der Waals surface area contributed by atoms with Gasteiger partial charge in [0, 0.05) is 36.5 Å². The number of carboxylic acid groups (broad SMARTS) is 1. The Labute approximate surface area is 281 Å². The molecule has 0 aliphatic carbocycles. The predicted molar refractivity (Wildman–Crippen MR) is 168 cm³/mol. The third kappa shape index (κ3) is 8.42. The lowest BCUT2D eigenvalue weighted by molar-refractivity contribution is -0.182. The predicted octanol–water partition coefficient (Wildman–Crippen LogP) is 1.19. The summed E-state index contributed by atoms with van der Waals surface area (Å²) < 4.78 is 10.9. The smallest absolute Gasteiger partial charge is 0.358 e. The van der Waals surface area contributed by atoms with Crippen molar-refractivity contribution in [2.75, 3.05) is 11.5 Å². The van der Waals surface area contributed by atoms with Gasteiger partial charge in [-0.3, -0.25) is 28.9 Å². The number of aromatic nitrogens is 2. The number of ketones is 1. The Morgan fingerprint density at radius 2 is 1.89 bits per heavy atom. The number of Topliss-reactive ketones (excluding diaryl/α,β-unsaturated/α-hetero) is 1. The summed E-state index contributed by atoms with van der Waals surface area (Å²) in [6.45, 7) is 4.31. The van der Waals surface area contributed by atoms with Gasteiger partial charge in [0.25, 0.3) is 11.8 Å². The molecule has 2 aromatic rings. The van der Waals surface area contributed by atoms with Crippen molar-refractivity contribution < 1.29 is 48.5 Å². The number of thioether (sulfide) groups is 2. The highest BCUT2D eigenvalue weighted by Gasteiger charge is 2.55. The number of rotatable bonds is 13. The number of nitrogens with zero attached hydrogens (tertiary/aromatic N) is 3. The first kappa shape index (κ1) is 36.9. The number of nitrogens with one attached hydrogen (secondary N) is 1. The van der Waals surface area contributed by atoms with Crippen molar-refractivity contribution in [3.63, 3.8) is 0 Å². The number of β-lactam (4-membered cyclic amide) rings is 1. The number of aliphatic hydroxyl groups is 1. The number of nitrogens with two attached hydrogens (primary N) is 1. The van der Waals surface area contributed by atoms with E-state index >= 15 is 0 Å². The van der Waals surface area contributed by atoms with Crippen molar-refractivity contribution in [1.29, 1.82) is 0 Å². The highest BCUT2D eigenvalue weighted by atomic mass is 35.5. The Bertz CT molecular complexity index is 1570. The Morgan fingerprint density at radius 1 is 1.20 bits per heavy atom. The molecule has 2 amide bonds. The number of aliphatic hydroxyl groups excluding tert-OH is 1. The number of benzene rings is 1. The van der Waals surface area contributed by atoms with Crippen LogP contribution in [-0.4, -0.2) is 96.1 Å². The first-order chi connectivity index (χ1) is 21.3. The summed E-state index contributed by atoms with van der Waals surface area (Å²) in [7, 11) is 0. The second kappa shape index (κ2) is 15.8. The third-order valence-electron chi connectivity index (χ3n) is 6.52. The maximum Gasteiger partial charge on any atom is 0.358 e. The highest BCUT2D eigenvalue weighted by molar-refractivity contribution is 8.01. The van der Waals surface area contributed by atoms with Gasteiger partial charge in [0.15, 0.2) is 16.2 Å². The van der Waals surface area contributed by atoms with Crippen LogP contribution in [0.15, 0.2) is 39.9 Å². The largest absolute Gasteiger partial charge is 0.481 e. The lowest BCUT2D eigenvalue weighted by atomic mass is 9.94. The molecule has 19 heteroatoms. The van der Waals surface area contributed by atoms with Crippen LogP contribution in [0.1, 0.15) is 47.3 Å². The van der Waals surface area contributed by atoms with E-state index in [2.05, 4.69) is 15.5 Å². The summed E-state index contributed by atoms with van der Waals surface area (Å²) >= 11 is 3.96. The van der Waals surface area contributed by atoms with Gasteiger partial charge in [-0.1, -0.05) is 47.4 Å². The molecular weight excluding hydrogens is 686 g/mol. The van der Waals surface area contributed by atoms with Gasteiger partial charge in [0.1, 0.15) is 22.1 Å². The molecule has 1 saturated heterocycles. The van der Waals surface area contributed by atoms with Crippen molar-refractivity contribution >= 4 is 82.8 Å². The molecule has 46 heavy (non-hydrogen) atoms. The number of hydrogen-bond acceptors (Lipinski definition) is 15. The quantitative estimate of drug-likeness (QED) is 0.0751. The fourth-order valence-electron chi connectivity index (χ4n) is 4.55. The number of fused-ring (bicyclic) bond motifs is 1. The van der Waals surface area contributed by atoms with Crippen molar-refractivity contribution in [2.24, 2.45) is 5.73 Å². The first-order valence-electron chi connectivity index (χ1n) is 13.3. The van der Waals surface area contributed by atoms with Gasteiger partial charge in [0.05, 0.1) is 12.5 Å². The van der Waals surface area contributed by atoms with Crippen LogP contribution in [0.2, 0.25) is 0 Å². The molecule has 3 heterocycles. The zero-order valence-corrected chi connectivity index (χ0v) is 27.8. The molecule has 248 valence electrons. The number of carbonyl (C=O) groups is 6. The number of amides is 2. The van der Waals surface area contributed by atoms with Gasteiger partial charge < -0.3 is 30.7 Å². The minimum absolute atomic E-state index is 0. The van der Waals surface area contributed by atoms with Crippen LogP contribution in [0.4, 0.5) is 0 Å². The van der Waals surface area contributed by atoms with Crippen LogP contribution in [0.25, 0.3) is 0 Å². The summed E-state index contributed by atoms with van der Waals surface area (Å²) in [5.74, 6) is -4.74. The summed E-state index contributed by atoms with van der Waals surface area (Å²) in [5, 5.41) is 30.4. The van der Waals surface area contributed by atoms with Crippen LogP contribution < -0.4 is 11.1 Å². The molecule has 2 aliphatic heterocycles. The fraction of sp³-hybridized carbons (Fsp3) is 0.407. The summed E-state index contributed by atoms with van der Waals surface area (Å²) in [6.07, 6.45) is -3.78. The Balaban J connectivity index is 0.00000576. The Kier molecular flexibility index (Phi) is 12.7. The maximum atomic E-state index is 13.4. The number of halogens is 1. The summed E-state index contributed by atoms with van der Waals surface area (Å²) in [4.78, 5) is 76.1. The topological polar surface area (TPSA) is 228 Å². The monoisotopic (exact) mass is 715 g/mol. The van der Waals surface area contributed by atoms with Crippen LogP contribution in [0.3, 0.4) is 0 Å². The minimum Gasteiger partial charge on any atom is -0.481 e. The van der Waals surface area contributed by atoms with Crippen molar-refractivity contribution in [1.82, 2.24) is 20.4 Å². The number of carbonyl (C=O) groups excluding carboxylic acids is 5. The standard InChI is InChI=1S/C27H29N5O10S3.ClH/c1-11-30-31-27(45-11)44-10-14-9-43-25-19(24(39)32(25)20(14)26(40)42-13(3)41-12(2)33)29-23(38)22(37)16-7-5-4-6-15(16)21(36)17(28)8-18(34)35;/h4-7,13,17,19,22,25,37H,8-10,28H2,1-3H3,(H,29,38)(H,34,35);1H/t13?,17-,19?,22?,25-;/m0./s1. The van der Waals surface area contributed by atoms with E-state index in [9.17, 15) is 33.9 Å². The fourth-order valence-corrected chi connectivity index (χ4v) is 7.85. The number of esters is 2. The second-order valence-electron chi connectivity index (χ2n) is 9.86. The molecule has 5 atom stereocenters. The molecule has 0 spiro atoms. The van der Waals surface area contributed by atoms with E-state index < -0.39 is 71.8 Å². The van der Waals surface area contributed by atoms with Crippen molar-refractivity contribution in [3.8, 4) is 0 Å². The number of aryl methyl sites for hydroxylation is 1. The molecule has 2 aliphatic rings. The molecule has 0 radical (unpaired) electrons. The number of ether oxygens (including phenoxy) is 2. The Hall–Kier alpha value is -3.55. The van der Waals surface area contributed by atoms with Crippen LogP contribution in [0.5, 0.6) is 0 Å². The number of aliphatic carboxylic acids is 1. The lowest BCUT2D eigenvalue weighted by Gasteiger charge is -2.50. The average molecular weight is 716 g/mol.